The number of amides is 1. The molecule has 0 saturated heterocycles. The number of alkyl halides is 2. The number of halogens is 3. The average molecular weight is 358 g/mol. The van der Waals surface area contributed by atoms with Crippen LogP contribution < -0.4 is 19.5 Å². The molecule has 0 aromatic heterocycles. The smallest absolute Gasteiger partial charge is 0.387 e. The third kappa shape index (κ3) is 4.05. The van der Waals surface area contributed by atoms with Gasteiger partial charge in [0.15, 0.2) is 0 Å². The Kier molecular flexibility index (Phi) is 5.81. The van der Waals surface area contributed by atoms with Crippen molar-refractivity contribution in [2.24, 2.45) is 0 Å². The normalized spacial score (nSPS) is 10.4. The van der Waals surface area contributed by atoms with E-state index in [0.717, 1.165) is 0 Å². The summed E-state index contributed by atoms with van der Waals surface area (Å²) < 4.78 is 39.5. The van der Waals surface area contributed by atoms with Gasteiger partial charge in [0, 0.05) is 12.1 Å². The van der Waals surface area contributed by atoms with Crippen LogP contribution in [0.4, 0.5) is 14.5 Å². The number of benzene rings is 2. The van der Waals surface area contributed by atoms with Crippen LogP contribution in [-0.4, -0.2) is 26.7 Å². The molecule has 24 heavy (non-hydrogen) atoms. The Morgan fingerprint density at radius 3 is 2.38 bits per heavy atom. The van der Waals surface area contributed by atoms with E-state index in [2.05, 4.69) is 10.1 Å². The van der Waals surface area contributed by atoms with Crippen LogP contribution in [0.3, 0.4) is 0 Å². The summed E-state index contributed by atoms with van der Waals surface area (Å²) in [5.41, 5.74) is 0.226. The van der Waals surface area contributed by atoms with Crippen LogP contribution >= 0.6 is 11.6 Å². The fraction of sp³-hybridized carbons (Fsp3) is 0.188. The molecule has 0 spiro atoms. The molecule has 2 aromatic carbocycles. The monoisotopic (exact) mass is 357 g/mol. The Hall–Kier alpha value is -2.54. The molecule has 0 aliphatic heterocycles. The lowest BCUT2D eigenvalue weighted by molar-refractivity contribution is -0.0501. The fourth-order valence-corrected chi connectivity index (χ4v) is 2.23. The molecule has 0 atom stereocenters. The van der Waals surface area contributed by atoms with Crippen molar-refractivity contribution in [2.45, 2.75) is 6.61 Å². The highest BCUT2D eigenvalue weighted by Crippen LogP contribution is 2.36. The predicted octanol–water partition coefficient (Wildman–Crippen LogP) is 4.21. The van der Waals surface area contributed by atoms with Crippen LogP contribution in [0.2, 0.25) is 5.02 Å². The second-order valence-corrected chi connectivity index (χ2v) is 4.92. The first-order valence-electron chi connectivity index (χ1n) is 6.73. The standard InChI is InChI=1S/C16H14ClF2NO4/c1-22-13-8-11(14(23-2)7-10(13)17)20-15(21)9-5-3-4-6-12(9)24-16(18)19/h3-8,16H,1-2H3,(H,20,21). The highest BCUT2D eigenvalue weighted by molar-refractivity contribution is 6.32. The first-order chi connectivity index (χ1) is 11.5. The summed E-state index contributed by atoms with van der Waals surface area (Å²) in [6, 6.07) is 8.61. The molecule has 2 aromatic rings. The van der Waals surface area contributed by atoms with Gasteiger partial charge in [0.1, 0.15) is 17.2 Å². The number of anilines is 1. The van der Waals surface area contributed by atoms with Crippen molar-refractivity contribution in [1.82, 2.24) is 0 Å². The van der Waals surface area contributed by atoms with Crippen molar-refractivity contribution in [3.05, 3.63) is 47.0 Å². The zero-order valence-corrected chi connectivity index (χ0v) is 13.6. The van der Waals surface area contributed by atoms with Crippen LogP contribution in [0, 0.1) is 0 Å². The molecule has 0 saturated carbocycles. The van der Waals surface area contributed by atoms with Crippen LogP contribution in [-0.2, 0) is 0 Å². The largest absolute Gasteiger partial charge is 0.495 e. The molecule has 1 amide bonds. The molecule has 2 rings (SSSR count). The van der Waals surface area contributed by atoms with Gasteiger partial charge >= 0.3 is 6.61 Å². The van der Waals surface area contributed by atoms with Gasteiger partial charge in [0.2, 0.25) is 0 Å². The summed E-state index contributed by atoms with van der Waals surface area (Å²) in [5.74, 6) is -0.259. The Labute approximate surface area is 142 Å². The summed E-state index contributed by atoms with van der Waals surface area (Å²) >= 11 is 6.00. The first-order valence-corrected chi connectivity index (χ1v) is 7.10. The molecule has 1 N–H and O–H groups in total. The number of rotatable bonds is 6. The van der Waals surface area contributed by atoms with Gasteiger partial charge in [-0.15, -0.1) is 0 Å². The van der Waals surface area contributed by atoms with E-state index < -0.39 is 12.5 Å². The highest BCUT2D eigenvalue weighted by Gasteiger charge is 2.18. The van der Waals surface area contributed by atoms with E-state index in [1.807, 2.05) is 0 Å². The van der Waals surface area contributed by atoms with E-state index in [1.165, 1.54) is 50.6 Å². The zero-order valence-electron chi connectivity index (χ0n) is 12.8. The van der Waals surface area contributed by atoms with Crippen molar-refractivity contribution < 1.29 is 27.8 Å². The van der Waals surface area contributed by atoms with Gasteiger partial charge < -0.3 is 19.5 Å². The molecular weight excluding hydrogens is 344 g/mol. The SMILES string of the molecule is COc1cc(NC(=O)c2ccccc2OC(F)F)c(OC)cc1Cl. The van der Waals surface area contributed by atoms with E-state index in [-0.39, 0.29) is 17.0 Å². The number of hydrogen-bond acceptors (Lipinski definition) is 4. The Morgan fingerprint density at radius 1 is 1.08 bits per heavy atom. The number of carbonyl (C=O) groups excluding carboxylic acids is 1. The molecule has 0 bridgehead atoms. The van der Waals surface area contributed by atoms with E-state index in [1.54, 1.807) is 0 Å². The van der Waals surface area contributed by atoms with Crippen molar-refractivity contribution >= 4 is 23.2 Å². The van der Waals surface area contributed by atoms with Crippen LogP contribution in [0.5, 0.6) is 17.2 Å². The van der Waals surface area contributed by atoms with Gasteiger partial charge in [0.25, 0.3) is 5.91 Å². The maximum absolute atomic E-state index is 12.4. The second kappa shape index (κ2) is 7.83. The molecule has 8 heteroatoms. The Morgan fingerprint density at radius 2 is 1.75 bits per heavy atom. The number of ether oxygens (including phenoxy) is 3. The van der Waals surface area contributed by atoms with Gasteiger partial charge in [-0.1, -0.05) is 23.7 Å². The lowest BCUT2D eigenvalue weighted by Gasteiger charge is -2.14. The lowest BCUT2D eigenvalue weighted by atomic mass is 10.1. The van der Waals surface area contributed by atoms with E-state index in [9.17, 15) is 13.6 Å². The van der Waals surface area contributed by atoms with Crippen molar-refractivity contribution in [3.63, 3.8) is 0 Å². The lowest BCUT2D eigenvalue weighted by Crippen LogP contribution is -2.15. The summed E-state index contributed by atoms with van der Waals surface area (Å²) in [6.45, 7) is -3.04. The molecule has 0 aliphatic rings. The van der Waals surface area contributed by atoms with Gasteiger partial charge in [-0.2, -0.15) is 8.78 Å². The molecule has 0 aliphatic carbocycles. The summed E-state index contributed by atoms with van der Waals surface area (Å²) in [4.78, 5) is 12.4. The highest BCUT2D eigenvalue weighted by atomic mass is 35.5. The van der Waals surface area contributed by atoms with Crippen molar-refractivity contribution in [1.29, 1.82) is 0 Å². The van der Waals surface area contributed by atoms with Crippen LogP contribution in [0.25, 0.3) is 0 Å². The minimum absolute atomic E-state index is 0.0474. The third-order valence-electron chi connectivity index (χ3n) is 3.07. The molecule has 0 radical (unpaired) electrons. The zero-order chi connectivity index (χ0) is 17.7. The number of methoxy groups -OCH3 is 2. The minimum atomic E-state index is -3.04. The quantitative estimate of drug-likeness (QED) is 0.841. The van der Waals surface area contributed by atoms with Gasteiger partial charge in [-0.05, 0) is 12.1 Å². The molecule has 0 unspecified atom stereocenters. The van der Waals surface area contributed by atoms with Gasteiger partial charge in [-0.3, -0.25) is 4.79 Å². The van der Waals surface area contributed by atoms with Gasteiger partial charge in [0.05, 0.1) is 30.5 Å². The average Bonchev–Trinajstić information content (AvgIpc) is 2.55. The predicted molar refractivity (Wildman–Crippen MR) is 85.6 cm³/mol. The molecule has 0 heterocycles. The number of nitrogens with one attached hydrogen (secondary N) is 1. The topological polar surface area (TPSA) is 56.8 Å². The van der Waals surface area contributed by atoms with E-state index >= 15 is 0 Å². The van der Waals surface area contributed by atoms with Gasteiger partial charge in [-0.25, -0.2) is 0 Å². The van der Waals surface area contributed by atoms with E-state index in [4.69, 9.17) is 21.1 Å². The van der Waals surface area contributed by atoms with Crippen LogP contribution in [0.15, 0.2) is 36.4 Å². The second-order valence-electron chi connectivity index (χ2n) is 4.52. The molecule has 5 nitrogen and oxygen atoms in total. The van der Waals surface area contributed by atoms with Crippen LogP contribution in [0.1, 0.15) is 10.4 Å². The molecule has 0 fully saturated rings. The Bertz CT molecular complexity index is 740. The Balaban J connectivity index is 2.33. The number of hydrogen-bond donors (Lipinski definition) is 1. The summed E-state index contributed by atoms with van der Waals surface area (Å²) in [5, 5.41) is 2.87. The molecule has 128 valence electrons. The molecular formula is C16H14ClF2NO4. The first kappa shape index (κ1) is 17.8. The maximum atomic E-state index is 12.4. The minimum Gasteiger partial charge on any atom is -0.495 e. The fourth-order valence-electron chi connectivity index (χ4n) is 2.00. The summed E-state index contributed by atoms with van der Waals surface area (Å²) in [6.07, 6.45) is 0. The van der Waals surface area contributed by atoms with Crippen molar-refractivity contribution in [2.75, 3.05) is 19.5 Å². The number of para-hydroxylation sites is 1. The van der Waals surface area contributed by atoms with E-state index in [0.29, 0.717) is 16.5 Å². The third-order valence-corrected chi connectivity index (χ3v) is 3.37. The maximum Gasteiger partial charge on any atom is 0.387 e. The number of carbonyl (C=O) groups is 1. The van der Waals surface area contributed by atoms with Crippen molar-refractivity contribution in [3.8, 4) is 17.2 Å². The summed E-state index contributed by atoms with van der Waals surface area (Å²) in [7, 11) is 2.83.